The molecule has 0 aliphatic carbocycles. The summed E-state index contributed by atoms with van der Waals surface area (Å²) in [7, 11) is 0. The van der Waals surface area contributed by atoms with Gasteiger partial charge in [-0.1, -0.05) is 0 Å². The molecule has 29 heavy (non-hydrogen) atoms. The van der Waals surface area contributed by atoms with Gasteiger partial charge in [-0.05, 0) is 66.5 Å². The Bertz CT molecular complexity index is 1060. The molecular formula is C19H21FIN5O3. The molecule has 0 spiro atoms. The first-order valence-electron chi connectivity index (χ1n) is 9.36. The number of nitrogen functional groups attached to an aromatic ring is 1. The van der Waals surface area contributed by atoms with Gasteiger partial charge in [0, 0.05) is 16.5 Å². The number of aromatic nitrogens is 4. The van der Waals surface area contributed by atoms with Crippen LogP contribution in [0.25, 0.3) is 11.2 Å². The third-order valence-corrected chi connectivity index (χ3v) is 5.82. The Morgan fingerprint density at radius 2 is 2.00 bits per heavy atom. The van der Waals surface area contributed by atoms with Gasteiger partial charge < -0.3 is 24.9 Å². The fraction of sp³-hybridized carbons (Fsp3) is 0.421. The van der Waals surface area contributed by atoms with Crippen molar-refractivity contribution in [3.8, 4) is 11.5 Å². The van der Waals surface area contributed by atoms with Gasteiger partial charge in [0.1, 0.15) is 5.82 Å². The molecule has 4 rings (SSSR count). The van der Waals surface area contributed by atoms with Crippen molar-refractivity contribution in [2.45, 2.75) is 45.3 Å². The number of nitrogens with zero attached hydrogens (tertiary/aromatic N) is 4. The number of benzene rings is 1. The van der Waals surface area contributed by atoms with Crippen molar-refractivity contribution in [3.63, 3.8) is 0 Å². The molecule has 8 nitrogen and oxygen atoms in total. The molecule has 1 aromatic carbocycles. The Balaban J connectivity index is 1.69. The second-order valence-corrected chi connectivity index (χ2v) is 8.21. The Kier molecular flexibility index (Phi) is 5.72. The van der Waals surface area contributed by atoms with Gasteiger partial charge in [0.05, 0.1) is 6.10 Å². The van der Waals surface area contributed by atoms with Crippen LogP contribution < -0.4 is 15.2 Å². The van der Waals surface area contributed by atoms with E-state index in [9.17, 15) is 9.50 Å². The summed E-state index contributed by atoms with van der Waals surface area (Å²) >= 11 is 2.25. The number of nitrogens with two attached hydrogens (primary N) is 1. The number of imidazole rings is 1. The van der Waals surface area contributed by atoms with Crippen molar-refractivity contribution in [3.05, 3.63) is 33.2 Å². The third-order valence-electron chi connectivity index (χ3n) is 4.82. The highest BCUT2D eigenvalue weighted by molar-refractivity contribution is 14.1. The van der Waals surface area contributed by atoms with Gasteiger partial charge in [-0.3, -0.25) is 0 Å². The summed E-state index contributed by atoms with van der Waals surface area (Å²) in [5.41, 5.74) is 7.69. The molecule has 3 aromatic rings. The number of rotatable bonds is 7. The summed E-state index contributed by atoms with van der Waals surface area (Å²) in [6, 6.07) is 3.87. The lowest BCUT2D eigenvalue weighted by atomic mass is 10.1. The minimum atomic E-state index is -0.871. The lowest BCUT2D eigenvalue weighted by Gasteiger charge is -2.11. The SMILES string of the molecule is CC(O)CCCCn1c(Cc2cc3c(cc2I)OCO3)nc2c(N)nc(F)nc21. The van der Waals surface area contributed by atoms with E-state index in [1.807, 2.05) is 16.7 Å². The number of hydrogen-bond acceptors (Lipinski definition) is 7. The molecule has 1 aliphatic heterocycles. The van der Waals surface area contributed by atoms with Gasteiger partial charge in [0.25, 0.3) is 0 Å². The largest absolute Gasteiger partial charge is 0.454 e. The van der Waals surface area contributed by atoms with Crippen LogP contribution in [0.1, 0.15) is 37.6 Å². The van der Waals surface area contributed by atoms with E-state index in [2.05, 4.69) is 37.5 Å². The summed E-state index contributed by atoms with van der Waals surface area (Å²) in [6.45, 7) is 2.57. The Labute approximate surface area is 180 Å². The molecule has 1 atom stereocenters. The maximum atomic E-state index is 13.8. The monoisotopic (exact) mass is 513 g/mol. The zero-order valence-electron chi connectivity index (χ0n) is 15.9. The maximum absolute atomic E-state index is 13.8. The summed E-state index contributed by atoms with van der Waals surface area (Å²) in [5, 5.41) is 9.48. The predicted octanol–water partition coefficient (Wildman–Crippen LogP) is 3.02. The van der Waals surface area contributed by atoms with E-state index in [1.165, 1.54) is 0 Å². The lowest BCUT2D eigenvalue weighted by Crippen LogP contribution is -2.08. The minimum absolute atomic E-state index is 0.0249. The van der Waals surface area contributed by atoms with Crippen LogP contribution in [0.3, 0.4) is 0 Å². The first kappa shape index (κ1) is 20.1. The molecule has 1 unspecified atom stereocenters. The number of ether oxygens (including phenoxy) is 2. The van der Waals surface area contributed by atoms with Crippen LogP contribution in [0.15, 0.2) is 12.1 Å². The zero-order chi connectivity index (χ0) is 20.5. The van der Waals surface area contributed by atoms with Gasteiger partial charge in [-0.2, -0.15) is 14.4 Å². The number of hydrogen-bond donors (Lipinski definition) is 2. The Hall–Kier alpha value is -2.21. The first-order chi connectivity index (χ1) is 13.9. The predicted molar refractivity (Wildman–Crippen MR) is 113 cm³/mol. The quantitative estimate of drug-likeness (QED) is 0.284. The molecule has 0 radical (unpaired) electrons. The summed E-state index contributed by atoms with van der Waals surface area (Å²) in [6.07, 6.45) is 1.62. The maximum Gasteiger partial charge on any atom is 0.312 e. The van der Waals surface area contributed by atoms with Crippen LogP contribution in [0, 0.1) is 9.65 Å². The average molecular weight is 513 g/mol. The number of fused-ring (bicyclic) bond motifs is 2. The Morgan fingerprint density at radius 3 is 2.76 bits per heavy atom. The van der Waals surface area contributed by atoms with Crippen LogP contribution >= 0.6 is 22.6 Å². The van der Waals surface area contributed by atoms with Crippen molar-refractivity contribution in [2.75, 3.05) is 12.5 Å². The third kappa shape index (κ3) is 4.22. The highest BCUT2D eigenvalue weighted by atomic mass is 127. The van der Waals surface area contributed by atoms with Gasteiger partial charge in [-0.25, -0.2) is 4.98 Å². The van der Waals surface area contributed by atoms with E-state index in [1.54, 1.807) is 6.92 Å². The van der Waals surface area contributed by atoms with Crippen molar-refractivity contribution < 1.29 is 19.0 Å². The molecule has 0 bridgehead atoms. The number of aliphatic hydroxyl groups is 1. The second kappa shape index (κ2) is 8.27. The Morgan fingerprint density at radius 1 is 1.24 bits per heavy atom. The van der Waals surface area contributed by atoms with Crippen molar-refractivity contribution in [1.82, 2.24) is 19.5 Å². The van der Waals surface area contributed by atoms with Crippen LogP contribution in [-0.2, 0) is 13.0 Å². The normalized spacial score (nSPS) is 13.9. The van der Waals surface area contributed by atoms with Gasteiger partial charge >= 0.3 is 6.08 Å². The van der Waals surface area contributed by atoms with Crippen LogP contribution in [0.5, 0.6) is 11.5 Å². The molecule has 3 N–H and O–H groups in total. The molecule has 154 valence electrons. The number of aryl methyl sites for hydroxylation is 1. The summed E-state index contributed by atoms with van der Waals surface area (Å²) in [4.78, 5) is 12.2. The number of aliphatic hydroxyl groups excluding tert-OH is 1. The number of unbranched alkanes of at least 4 members (excludes halogenated alkanes) is 1. The molecule has 0 saturated carbocycles. The van der Waals surface area contributed by atoms with E-state index in [0.717, 1.165) is 33.5 Å². The zero-order valence-corrected chi connectivity index (χ0v) is 18.0. The molecule has 0 amide bonds. The van der Waals surface area contributed by atoms with Gasteiger partial charge in [-0.15, -0.1) is 0 Å². The fourth-order valence-electron chi connectivity index (χ4n) is 3.38. The highest BCUT2D eigenvalue weighted by Crippen LogP contribution is 2.36. The van der Waals surface area contributed by atoms with Gasteiger partial charge in [0.15, 0.2) is 28.5 Å². The van der Waals surface area contributed by atoms with Crippen molar-refractivity contribution >= 4 is 39.6 Å². The van der Waals surface area contributed by atoms with Gasteiger partial charge in [0.2, 0.25) is 6.79 Å². The summed E-state index contributed by atoms with van der Waals surface area (Å²) < 4.78 is 27.6. The molecule has 10 heteroatoms. The van der Waals surface area contributed by atoms with E-state index < -0.39 is 6.08 Å². The number of halogens is 2. The van der Waals surface area contributed by atoms with E-state index >= 15 is 0 Å². The van der Waals surface area contributed by atoms with Crippen molar-refractivity contribution in [2.24, 2.45) is 0 Å². The standard InChI is InChI=1S/C19H21FIN5O3/c1-10(27)4-2-3-5-26-15(23-16-17(22)24-19(20)25-18(16)26)7-11-6-13-14(8-12(11)21)29-9-28-13/h6,8,10,27H,2-5,7,9H2,1H3,(H2,22,24,25). The number of anilines is 1. The average Bonchev–Trinajstić information content (AvgIpc) is 3.23. The molecule has 1 aliphatic rings. The van der Waals surface area contributed by atoms with Crippen LogP contribution in [0.2, 0.25) is 0 Å². The molecule has 0 saturated heterocycles. The van der Waals surface area contributed by atoms with Crippen LogP contribution in [-0.4, -0.2) is 37.5 Å². The smallest absolute Gasteiger partial charge is 0.312 e. The molecule has 3 heterocycles. The summed E-state index contributed by atoms with van der Waals surface area (Å²) in [5.74, 6) is 2.17. The first-order valence-corrected chi connectivity index (χ1v) is 10.4. The fourth-order valence-corrected chi connectivity index (χ4v) is 4.01. The van der Waals surface area contributed by atoms with Crippen LogP contribution in [0.4, 0.5) is 10.2 Å². The van der Waals surface area contributed by atoms with E-state index in [4.69, 9.17) is 15.2 Å². The molecular weight excluding hydrogens is 492 g/mol. The molecule has 0 fully saturated rings. The minimum Gasteiger partial charge on any atom is -0.454 e. The van der Waals surface area contributed by atoms with E-state index in [-0.39, 0.29) is 18.7 Å². The van der Waals surface area contributed by atoms with E-state index in [0.29, 0.717) is 36.3 Å². The lowest BCUT2D eigenvalue weighted by molar-refractivity contribution is 0.174. The van der Waals surface area contributed by atoms with Crippen molar-refractivity contribution in [1.29, 1.82) is 0 Å². The second-order valence-electron chi connectivity index (χ2n) is 7.05. The topological polar surface area (TPSA) is 108 Å². The molecule has 2 aromatic heterocycles. The highest BCUT2D eigenvalue weighted by Gasteiger charge is 2.20.